The summed E-state index contributed by atoms with van der Waals surface area (Å²) in [6, 6.07) is -0.761. The van der Waals surface area contributed by atoms with Gasteiger partial charge in [-0.2, -0.15) is 5.10 Å². The zero-order valence-electron chi connectivity index (χ0n) is 14.2. The molecule has 2 rings (SSSR count). The van der Waals surface area contributed by atoms with E-state index in [1.54, 1.807) is 27.8 Å². The van der Waals surface area contributed by atoms with Crippen molar-refractivity contribution in [1.82, 2.24) is 14.7 Å². The van der Waals surface area contributed by atoms with Crippen molar-refractivity contribution < 1.29 is 23.8 Å². The van der Waals surface area contributed by atoms with Crippen molar-refractivity contribution in [1.29, 1.82) is 0 Å². The van der Waals surface area contributed by atoms with E-state index in [0.717, 1.165) is 0 Å². The van der Waals surface area contributed by atoms with Crippen LogP contribution in [-0.2, 0) is 16.5 Å². The second-order valence-electron chi connectivity index (χ2n) is 6.31. The summed E-state index contributed by atoms with van der Waals surface area (Å²) in [5.74, 6) is 0.0830. The molecule has 0 saturated carbocycles. The first-order chi connectivity index (χ1) is 10.7. The molecule has 0 N–H and O–H groups in total. The van der Waals surface area contributed by atoms with Gasteiger partial charge in [0.1, 0.15) is 17.3 Å². The lowest BCUT2D eigenvalue weighted by Crippen LogP contribution is -2.54. The van der Waals surface area contributed by atoms with Crippen LogP contribution in [0.5, 0.6) is 5.75 Å². The molecule has 8 nitrogen and oxygen atoms in total. The maximum atomic E-state index is 12.9. The van der Waals surface area contributed by atoms with Gasteiger partial charge in [0.15, 0.2) is 5.75 Å². The molecule has 1 atom stereocenters. The Labute approximate surface area is 135 Å². The van der Waals surface area contributed by atoms with Crippen LogP contribution >= 0.6 is 0 Å². The number of morpholine rings is 1. The van der Waals surface area contributed by atoms with Gasteiger partial charge >= 0.3 is 6.09 Å². The number of ketones is 1. The van der Waals surface area contributed by atoms with Gasteiger partial charge in [0, 0.05) is 13.6 Å². The van der Waals surface area contributed by atoms with Crippen LogP contribution in [0.15, 0.2) is 6.20 Å². The van der Waals surface area contributed by atoms with Crippen molar-refractivity contribution in [2.75, 3.05) is 26.9 Å². The number of hydrogen-bond donors (Lipinski definition) is 0. The first kappa shape index (κ1) is 17.3. The normalized spacial score (nSPS) is 18.7. The highest BCUT2D eigenvalue weighted by Crippen LogP contribution is 2.23. The van der Waals surface area contributed by atoms with Crippen LogP contribution in [0.1, 0.15) is 31.3 Å². The second kappa shape index (κ2) is 6.57. The van der Waals surface area contributed by atoms with Gasteiger partial charge < -0.3 is 14.2 Å². The number of rotatable bonds is 3. The molecule has 1 fully saturated rings. The highest BCUT2D eigenvalue weighted by atomic mass is 16.6. The molecule has 0 aromatic carbocycles. The fourth-order valence-corrected chi connectivity index (χ4v) is 2.37. The quantitative estimate of drug-likeness (QED) is 0.778. The second-order valence-corrected chi connectivity index (χ2v) is 6.31. The minimum Gasteiger partial charge on any atom is -0.493 e. The molecule has 0 bridgehead atoms. The number of nitrogens with zero attached hydrogens (tertiary/aromatic N) is 3. The Kier molecular flexibility index (Phi) is 4.93. The molecular formula is C15H23N3O5. The smallest absolute Gasteiger partial charge is 0.411 e. The predicted octanol–water partition coefficient (Wildman–Crippen LogP) is 1.25. The van der Waals surface area contributed by atoms with E-state index in [2.05, 4.69) is 5.10 Å². The van der Waals surface area contributed by atoms with Crippen LogP contribution < -0.4 is 4.74 Å². The van der Waals surface area contributed by atoms with E-state index in [-0.39, 0.29) is 12.4 Å². The van der Waals surface area contributed by atoms with Gasteiger partial charge in [-0.05, 0) is 20.8 Å². The van der Waals surface area contributed by atoms with E-state index < -0.39 is 17.7 Å². The molecule has 1 saturated heterocycles. The molecular weight excluding hydrogens is 302 g/mol. The Morgan fingerprint density at radius 3 is 2.70 bits per heavy atom. The summed E-state index contributed by atoms with van der Waals surface area (Å²) >= 11 is 0. The lowest BCUT2D eigenvalue weighted by molar-refractivity contribution is -0.0268. The van der Waals surface area contributed by atoms with E-state index in [0.29, 0.717) is 24.6 Å². The van der Waals surface area contributed by atoms with E-state index in [9.17, 15) is 9.59 Å². The van der Waals surface area contributed by atoms with Gasteiger partial charge in [-0.15, -0.1) is 0 Å². The fraction of sp³-hybridized carbons (Fsp3) is 0.667. The van der Waals surface area contributed by atoms with E-state index in [1.807, 2.05) is 0 Å². The predicted molar refractivity (Wildman–Crippen MR) is 81.6 cm³/mol. The Morgan fingerprint density at radius 1 is 1.39 bits per heavy atom. The third-order valence-corrected chi connectivity index (χ3v) is 3.42. The number of methoxy groups -OCH3 is 1. The van der Waals surface area contributed by atoms with Crippen LogP contribution in [0.4, 0.5) is 4.79 Å². The molecule has 1 aromatic heterocycles. The van der Waals surface area contributed by atoms with Crippen molar-refractivity contribution in [3.05, 3.63) is 11.9 Å². The van der Waals surface area contributed by atoms with E-state index in [1.165, 1.54) is 22.9 Å². The minimum absolute atomic E-state index is 0.117. The molecule has 1 unspecified atom stereocenters. The average molecular weight is 325 g/mol. The number of Topliss-reactive ketones (excluding diaryl/α,β-unsaturated/α-hetero) is 1. The third-order valence-electron chi connectivity index (χ3n) is 3.42. The summed E-state index contributed by atoms with van der Waals surface area (Å²) < 4.78 is 17.4. The molecule has 1 aromatic rings. The van der Waals surface area contributed by atoms with Crippen molar-refractivity contribution in [3.63, 3.8) is 0 Å². The fourth-order valence-electron chi connectivity index (χ4n) is 2.37. The number of amides is 1. The summed E-state index contributed by atoms with van der Waals surface area (Å²) in [7, 11) is 3.12. The number of carbonyl (C=O) groups is 2. The molecule has 1 aliphatic heterocycles. The molecule has 0 spiro atoms. The summed E-state index contributed by atoms with van der Waals surface area (Å²) in [5, 5.41) is 4.03. The summed E-state index contributed by atoms with van der Waals surface area (Å²) in [4.78, 5) is 26.7. The monoisotopic (exact) mass is 325 g/mol. The van der Waals surface area contributed by atoms with Crippen molar-refractivity contribution in [2.45, 2.75) is 32.4 Å². The number of hydrogen-bond acceptors (Lipinski definition) is 6. The lowest BCUT2D eigenvalue weighted by atomic mass is 10.1. The largest absolute Gasteiger partial charge is 0.493 e. The molecule has 0 radical (unpaired) electrons. The molecule has 1 aliphatic rings. The highest BCUT2D eigenvalue weighted by molar-refractivity contribution is 6.02. The summed E-state index contributed by atoms with van der Waals surface area (Å²) in [6.45, 7) is 6.13. The van der Waals surface area contributed by atoms with Gasteiger partial charge in [0.2, 0.25) is 5.78 Å². The first-order valence-electron chi connectivity index (χ1n) is 7.42. The SMILES string of the molecule is COc1cnn(C)c1C(=O)C1COCCN1C(=O)OC(C)(C)C. The van der Waals surface area contributed by atoms with Crippen molar-refractivity contribution in [3.8, 4) is 5.75 Å². The van der Waals surface area contributed by atoms with Crippen LogP contribution in [0.25, 0.3) is 0 Å². The van der Waals surface area contributed by atoms with Gasteiger partial charge in [0.25, 0.3) is 0 Å². The van der Waals surface area contributed by atoms with Crippen molar-refractivity contribution >= 4 is 11.9 Å². The summed E-state index contributed by atoms with van der Waals surface area (Å²) in [6.07, 6.45) is 0.939. The third kappa shape index (κ3) is 3.82. The number of aromatic nitrogens is 2. The molecule has 128 valence electrons. The van der Waals surface area contributed by atoms with Crippen LogP contribution in [0.2, 0.25) is 0 Å². The molecule has 1 amide bonds. The lowest BCUT2D eigenvalue weighted by Gasteiger charge is -2.35. The number of carbonyl (C=O) groups excluding carboxylic acids is 2. The topological polar surface area (TPSA) is 82.9 Å². The Morgan fingerprint density at radius 2 is 2.09 bits per heavy atom. The average Bonchev–Trinajstić information content (AvgIpc) is 2.85. The van der Waals surface area contributed by atoms with Crippen LogP contribution in [-0.4, -0.2) is 65.1 Å². The van der Waals surface area contributed by atoms with Gasteiger partial charge in [-0.3, -0.25) is 14.4 Å². The zero-order valence-corrected chi connectivity index (χ0v) is 14.2. The van der Waals surface area contributed by atoms with Gasteiger partial charge in [0.05, 0.1) is 26.5 Å². The molecule has 8 heteroatoms. The number of aryl methyl sites for hydroxylation is 1. The van der Waals surface area contributed by atoms with Crippen molar-refractivity contribution in [2.24, 2.45) is 7.05 Å². The first-order valence-corrected chi connectivity index (χ1v) is 7.42. The van der Waals surface area contributed by atoms with E-state index >= 15 is 0 Å². The van der Waals surface area contributed by atoms with Gasteiger partial charge in [-0.25, -0.2) is 4.79 Å². The maximum Gasteiger partial charge on any atom is 0.411 e. The minimum atomic E-state index is -0.761. The zero-order chi connectivity index (χ0) is 17.2. The number of ether oxygens (including phenoxy) is 3. The van der Waals surface area contributed by atoms with E-state index in [4.69, 9.17) is 14.2 Å². The van der Waals surface area contributed by atoms with Gasteiger partial charge in [-0.1, -0.05) is 0 Å². The Bertz CT molecular complexity index is 590. The standard InChI is InChI=1S/C15H23N3O5/c1-15(2,3)23-14(20)18-6-7-22-9-10(18)13(19)12-11(21-5)8-16-17(12)4/h8,10H,6-7,9H2,1-5H3. The molecule has 2 heterocycles. The van der Waals surface area contributed by atoms with Crippen LogP contribution in [0.3, 0.4) is 0 Å². The molecule has 23 heavy (non-hydrogen) atoms. The Balaban J connectivity index is 2.25. The summed E-state index contributed by atoms with van der Waals surface area (Å²) in [5.41, 5.74) is -0.329. The molecule has 0 aliphatic carbocycles. The Hall–Kier alpha value is -2.09. The highest BCUT2D eigenvalue weighted by Gasteiger charge is 2.38. The van der Waals surface area contributed by atoms with Crippen LogP contribution in [0, 0.1) is 0 Å². The maximum absolute atomic E-state index is 12.9.